The standard InChI is InChI=1S/C20H21N3O4/c24-13-18-17(23-20(26)14-8-10-21-11-9-14)7-6-16(27-18)12-19(25)22-15-4-2-1-3-5-15/h1-11,16-18,24H,12-13H2,(H,22,25)(H,23,26)/t16-,17+,18-/m1/s1. The largest absolute Gasteiger partial charge is 0.394 e. The van der Waals surface area contributed by atoms with E-state index in [0.29, 0.717) is 11.3 Å². The molecule has 2 heterocycles. The molecule has 1 aliphatic rings. The van der Waals surface area contributed by atoms with Crippen LogP contribution in [0.3, 0.4) is 0 Å². The molecule has 7 heteroatoms. The van der Waals surface area contributed by atoms with Gasteiger partial charge in [0.05, 0.1) is 25.2 Å². The van der Waals surface area contributed by atoms with Crippen LogP contribution in [-0.4, -0.2) is 46.8 Å². The minimum atomic E-state index is -0.629. The van der Waals surface area contributed by atoms with Crippen molar-refractivity contribution in [1.82, 2.24) is 10.3 Å². The average molecular weight is 367 g/mol. The number of rotatable bonds is 6. The third-order valence-electron chi connectivity index (χ3n) is 4.15. The Labute approximate surface area is 157 Å². The summed E-state index contributed by atoms with van der Waals surface area (Å²) in [5.41, 5.74) is 1.18. The molecule has 2 aromatic rings. The first-order valence-corrected chi connectivity index (χ1v) is 8.66. The van der Waals surface area contributed by atoms with Crippen molar-refractivity contribution in [3.63, 3.8) is 0 Å². The van der Waals surface area contributed by atoms with Gasteiger partial charge in [0, 0.05) is 23.6 Å². The first kappa shape index (κ1) is 18.8. The molecule has 27 heavy (non-hydrogen) atoms. The molecule has 3 N–H and O–H groups in total. The highest BCUT2D eigenvalue weighted by Crippen LogP contribution is 2.17. The predicted molar refractivity (Wildman–Crippen MR) is 100 cm³/mol. The van der Waals surface area contributed by atoms with Gasteiger partial charge in [-0.2, -0.15) is 0 Å². The minimum Gasteiger partial charge on any atom is -0.394 e. The topological polar surface area (TPSA) is 101 Å². The Morgan fingerprint density at radius 2 is 1.81 bits per heavy atom. The number of hydrogen-bond donors (Lipinski definition) is 3. The SMILES string of the molecule is O=C(C[C@H]1C=C[C@H](NC(=O)c2ccncc2)[C@@H](CO)O1)Nc1ccccc1. The molecule has 0 radical (unpaired) electrons. The lowest BCUT2D eigenvalue weighted by atomic mass is 10.0. The van der Waals surface area contributed by atoms with Gasteiger partial charge < -0.3 is 20.5 Å². The van der Waals surface area contributed by atoms with E-state index in [1.165, 1.54) is 12.4 Å². The highest BCUT2D eigenvalue weighted by atomic mass is 16.5. The zero-order chi connectivity index (χ0) is 19.1. The molecule has 3 rings (SSSR count). The smallest absolute Gasteiger partial charge is 0.251 e. The van der Waals surface area contributed by atoms with Crippen LogP contribution in [0.5, 0.6) is 0 Å². The molecule has 1 aliphatic heterocycles. The van der Waals surface area contributed by atoms with E-state index in [1.54, 1.807) is 36.4 Å². The molecule has 0 saturated carbocycles. The number of amides is 2. The van der Waals surface area contributed by atoms with Crippen LogP contribution >= 0.6 is 0 Å². The zero-order valence-corrected chi connectivity index (χ0v) is 14.6. The number of para-hydroxylation sites is 1. The summed E-state index contributed by atoms with van der Waals surface area (Å²) in [5, 5.41) is 15.2. The van der Waals surface area contributed by atoms with E-state index in [1.807, 2.05) is 18.2 Å². The van der Waals surface area contributed by atoms with Crippen LogP contribution in [-0.2, 0) is 9.53 Å². The Morgan fingerprint density at radius 1 is 1.07 bits per heavy atom. The molecule has 0 spiro atoms. The number of ether oxygens (including phenoxy) is 1. The van der Waals surface area contributed by atoms with Gasteiger partial charge in [0.25, 0.3) is 5.91 Å². The van der Waals surface area contributed by atoms with Crippen LogP contribution in [0.1, 0.15) is 16.8 Å². The summed E-state index contributed by atoms with van der Waals surface area (Å²) in [5.74, 6) is -0.471. The number of nitrogens with zero attached hydrogens (tertiary/aromatic N) is 1. The van der Waals surface area contributed by atoms with E-state index >= 15 is 0 Å². The van der Waals surface area contributed by atoms with Crippen molar-refractivity contribution < 1.29 is 19.4 Å². The second-order valence-electron chi connectivity index (χ2n) is 6.13. The number of carbonyl (C=O) groups is 2. The van der Waals surface area contributed by atoms with Crippen LogP contribution in [0, 0.1) is 0 Å². The highest BCUT2D eigenvalue weighted by molar-refractivity contribution is 5.94. The van der Waals surface area contributed by atoms with Gasteiger partial charge in [-0.05, 0) is 24.3 Å². The monoisotopic (exact) mass is 367 g/mol. The number of aromatic nitrogens is 1. The maximum atomic E-state index is 12.3. The maximum absolute atomic E-state index is 12.3. The highest BCUT2D eigenvalue weighted by Gasteiger charge is 2.29. The van der Waals surface area contributed by atoms with Crippen molar-refractivity contribution in [3.05, 3.63) is 72.6 Å². The second-order valence-corrected chi connectivity index (χ2v) is 6.13. The molecule has 0 unspecified atom stereocenters. The van der Waals surface area contributed by atoms with Crippen LogP contribution in [0.2, 0.25) is 0 Å². The third kappa shape index (κ3) is 5.22. The van der Waals surface area contributed by atoms with Crippen LogP contribution in [0.4, 0.5) is 5.69 Å². The van der Waals surface area contributed by atoms with Crippen molar-refractivity contribution in [2.45, 2.75) is 24.7 Å². The minimum absolute atomic E-state index is 0.118. The summed E-state index contributed by atoms with van der Waals surface area (Å²) in [7, 11) is 0. The van der Waals surface area contributed by atoms with Gasteiger partial charge in [-0.3, -0.25) is 14.6 Å². The van der Waals surface area contributed by atoms with E-state index in [-0.39, 0.29) is 24.8 Å². The fourth-order valence-corrected chi connectivity index (χ4v) is 2.79. The van der Waals surface area contributed by atoms with E-state index in [9.17, 15) is 14.7 Å². The van der Waals surface area contributed by atoms with E-state index in [0.717, 1.165) is 0 Å². The molecule has 1 aromatic heterocycles. The number of nitrogens with one attached hydrogen (secondary N) is 2. The number of aliphatic hydroxyl groups excluding tert-OH is 1. The number of anilines is 1. The van der Waals surface area contributed by atoms with Crippen LogP contribution in [0.15, 0.2) is 67.0 Å². The van der Waals surface area contributed by atoms with Crippen molar-refractivity contribution in [1.29, 1.82) is 0 Å². The number of hydrogen-bond acceptors (Lipinski definition) is 5. The summed E-state index contributed by atoms with van der Waals surface area (Å²) < 4.78 is 5.77. The Bertz CT molecular complexity index is 795. The molecule has 1 aromatic carbocycles. The van der Waals surface area contributed by atoms with E-state index in [4.69, 9.17) is 4.74 Å². The number of carbonyl (C=O) groups excluding carboxylic acids is 2. The fourth-order valence-electron chi connectivity index (χ4n) is 2.79. The lowest BCUT2D eigenvalue weighted by Gasteiger charge is -2.31. The Hall–Kier alpha value is -3.03. The van der Waals surface area contributed by atoms with Gasteiger partial charge in [-0.15, -0.1) is 0 Å². The van der Waals surface area contributed by atoms with Gasteiger partial charge in [0.2, 0.25) is 5.91 Å². The lowest BCUT2D eigenvalue weighted by Crippen LogP contribution is -2.48. The van der Waals surface area contributed by atoms with Gasteiger partial charge in [-0.25, -0.2) is 0 Å². The third-order valence-corrected chi connectivity index (χ3v) is 4.15. The molecular weight excluding hydrogens is 346 g/mol. The average Bonchev–Trinajstić information content (AvgIpc) is 2.70. The molecule has 0 fully saturated rings. The number of pyridine rings is 1. The van der Waals surface area contributed by atoms with Gasteiger partial charge in [0.15, 0.2) is 0 Å². The van der Waals surface area contributed by atoms with E-state index < -0.39 is 18.2 Å². The number of aliphatic hydroxyl groups is 1. The van der Waals surface area contributed by atoms with Crippen molar-refractivity contribution in [3.8, 4) is 0 Å². The van der Waals surface area contributed by atoms with Crippen molar-refractivity contribution in [2.24, 2.45) is 0 Å². The fraction of sp³-hybridized carbons (Fsp3) is 0.250. The second kappa shape index (κ2) is 9.07. The van der Waals surface area contributed by atoms with Gasteiger partial charge in [0.1, 0.15) is 6.10 Å². The van der Waals surface area contributed by atoms with Crippen molar-refractivity contribution in [2.75, 3.05) is 11.9 Å². The maximum Gasteiger partial charge on any atom is 0.251 e. The summed E-state index contributed by atoms with van der Waals surface area (Å²) in [6.45, 7) is -0.275. The Kier molecular flexibility index (Phi) is 6.30. The quantitative estimate of drug-likeness (QED) is 0.672. The summed E-state index contributed by atoms with van der Waals surface area (Å²) in [6.07, 6.45) is 5.57. The zero-order valence-electron chi connectivity index (χ0n) is 14.6. The molecule has 0 saturated heterocycles. The first-order valence-electron chi connectivity index (χ1n) is 8.66. The molecule has 3 atom stereocenters. The Balaban J connectivity index is 1.57. The first-order chi connectivity index (χ1) is 13.2. The molecule has 2 amide bonds. The van der Waals surface area contributed by atoms with Crippen molar-refractivity contribution >= 4 is 17.5 Å². The molecule has 0 bridgehead atoms. The van der Waals surface area contributed by atoms with Crippen LogP contribution in [0.25, 0.3) is 0 Å². The van der Waals surface area contributed by atoms with Crippen LogP contribution < -0.4 is 10.6 Å². The lowest BCUT2D eigenvalue weighted by molar-refractivity contribution is -0.120. The summed E-state index contributed by atoms with van der Waals surface area (Å²) in [6, 6.07) is 11.9. The summed E-state index contributed by atoms with van der Waals surface area (Å²) in [4.78, 5) is 28.3. The molecule has 7 nitrogen and oxygen atoms in total. The number of benzene rings is 1. The summed E-state index contributed by atoms with van der Waals surface area (Å²) >= 11 is 0. The predicted octanol–water partition coefficient (Wildman–Crippen LogP) is 1.52. The molecular formula is C20H21N3O4. The van der Waals surface area contributed by atoms with Gasteiger partial charge >= 0.3 is 0 Å². The normalized spacial score (nSPS) is 21.4. The van der Waals surface area contributed by atoms with Gasteiger partial charge in [-0.1, -0.05) is 30.4 Å². The Morgan fingerprint density at radius 3 is 2.52 bits per heavy atom. The molecule has 0 aliphatic carbocycles. The molecule has 140 valence electrons. The van der Waals surface area contributed by atoms with E-state index in [2.05, 4.69) is 15.6 Å².